The van der Waals surface area contributed by atoms with E-state index >= 15 is 0 Å². The Morgan fingerprint density at radius 2 is 2.00 bits per heavy atom. The van der Waals surface area contributed by atoms with Crippen LogP contribution in [-0.4, -0.2) is 26.9 Å². The van der Waals surface area contributed by atoms with Crippen molar-refractivity contribution in [3.8, 4) is 0 Å². The summed E-state index contributed by atoms with van der Waals surface area (Å²) in [5, 5.41) is 15.8. The number of carbonyl (C=O) groups is 2. The molecule has 7 heteroatoms. The van der Waals surface area contributed by atoms with Crippen molar-refractivity contribution in [1.82, 2.24) is 15.1 Å². The Hall–Kier alpha value is -2.83. The van der Waals surface area contributed by atoms with Gasteiger partial charge in [-0.15, -0.1) is 0 Å². The molecule has 1 aromatic carbocycles. The van der Waals surface area contributed by atoms with Crippen LogP contribution in [0.2, 0.25) is 0 Å². The Kier molecular flexibility index (Phi) is 5.95. The molecule has 0 aliphatic rings. The lowest BCUT2D eigenvalue weighted by Gasteiger charge is -2.15. The smallest absolute Gasteiger partial charge is 0.407 e. The van der Waals surface area contributed by atoms with Crippen LogP contribution >= 0.6 is 0 Å². The van der Waals surface area contributed by atoms with Crippen LogP contribution in [0.5, 0.6) is 0 Å². The molecular formula is C17H21N3O4. The van der Waals surface area contributed by atoms with E-state index in [9.17, 15) is 9.59 Å². The number of ether oxygens (including phenoxy) is 1. The van der Waals surface area contributed by atoms with E-state index < -0.39 is 18.1 Å². The zero-order valence-corrected chi connectivity index (χ0v) is 13.7. The zero-order valence-electron chi connectivity index (χ0n) is 13.7. The van der Waals surface area contributed by atoms with Gasteiger partial charge in [-0.1, -0.05) is 30.3 Å². The highest BCUT2D eigenvalue weighted by atomic mass is 16.5. The summed E-state index contributed by atoms with van der Waals surface area (Å²) in [6, 6.07) is 8.71. The summed E-state index contributed by atoms with van der Waals surface area (Å²) in [6.45, 7) is 4.05. The first-order valence-electron chi connectivity index (χ1n) is 7.68. The summed E-state index contributed by atoms with van der Waals surface area (Å²) in [6.07, 6.45) is 2.38. The summed E-state index contributed by atoms with van der Waals surface area (Å²) in [5.74, 6) is -1.01. The number of nitrogens with zero attached hydrogens (tertiary/aromatic N) is 2. The van der Waals surface area contributed by atoms with Crippen LogP contribution in [0.25, 0.3) is 0 Å². The molecule has 2 rings (SSSR count). The molecule has 2 aromatic rings. The minimum atomic E-state index is -1.01. The molecule has 0 saturated carbocycles. The number of carboxylic acids is 1. The molecule has 1 amide bonds. The van der Waals surface area contributed by atoms with Crippen LogP contribution in [0.4, 0.5) is 4.79 Å². The van der Waals surface area contributed by atoms with Gasteiger partial charge in [0.05, 0.1) is 18.7 Å². The largest absolute Gasteiger partial charge is 0.481 e. The maximum absolute atomic E-state index is 12.0. The van der Waals surface area contributed by atoms with Crippen LogP contribution in [0, 0.1) is 0 Å². The van der Waals surface area contributed by atoms with Crippen molar-refractivity contribution in [2.75, 3.05) is 0 Å². The molecule has 0 aliphatic heterocycles. The monoisotopic (exact) mass is 331 g/mol. The van der Waals surface area contributed by atoms with Gasteiger partial charge in [-0.25, -0.2) is 4.79 Å². The lowest BCUT2D eigenvalue weighted by molar-refractivity contribution is -0.137. The lowest BCUT2D eigenvalue weighted by Crippen LogP contribution is -2.30. The summed E-state index contributed by atoms with van der Waals surface area (Å²) in [4.78, 5) is 23.0. The van der Waals surface area contributed by atoms with E-state index in [1.165, 1.54) is 0 Å². The minimum Gasteiger partial charge on any atom is -0.481 e. The van der Waals surface area contributed by atoms with Gasteiger partial charge in [0, 0.05) is 17.8 Å². The van der Waals surface area contributed by atoms with Crippen LogP contribution in [0.1, 0.15) is 43.5 Å². The van der Waals surface area contributed by atoms with Crippen LogP contribution in [0.15, 0.2) is 42.7 Å². The highest BCUT2D eigenvalue weighted by Gasteiger charge is 2.21. The number of alkyl carbamates (subject to hydrolysis) is 1. The number of carboxylic acid groups (broad SMARTS) is 1. The lowest BCUT2D eigenvalue weighted by atomic mass is 10.1. The summed E-state index contributed by atoms with van der Waals surface area (Å²) < 4.78 is 6.86. The standard InChI is InChI=1S/C17H21N3O4/c1-12(2)20-10-14(9-18-20)15(8-16(21)22)19-17(23)24-11-13-6-4-3-5-7-13/h3-7,9-10,12,15H,8,11H2,1-2H3,(H,19,23)(H,21,22)/t15-/m0/s1. The average molecular weight is 331 g/mol. The Balaban J connectivity index is 1.99. The predicted octanol–water partition coefficient (Wildman–Crippen LogP) is 2.91. The third-order valence-corrected chi connectivity index (χ3v) is 3.44. The second-order valence-electron chi connectivity index (χ2n) is 5.70. The molecule has 24 heavy (non-hydrogen) atoms. The van der Waals surface area contributed by atoms with Crippen molar-refractivity contribution in [2.24, 2.45) is 0 Å². The molecule has 0 radical (unpaired) electrons. The number of nitrogens with one attached hydrogen (secondary N) is 1. The molecule has 0 bridgehead atoms. The molecule has 0 fully saturated rings. The fraction of sp³-hybridized carbons (Fsp3) is 0.353. The second kappa shape index (κ2) is 8.14. The second-order valence-corrected chi connectivity index (χ2v) is 5.70. The first kappa shape index (κ1) is 17.5. The van der Waals surface area contributed by atoms with Crippen LogP contribution in [-0.2, 0) is 16.1 Å². The van der Waals surface area contributed by atoms with Gasteiger partial charge in [0.25, 0.3) is 0 Å². The Bertz CT molecular complexity index is 682. The normalized spacial score (nSPS) is 12.0. The highest BCUT2D eigenvalue weighted by molar-refractivity contribution is 5.71. The number of hydrogen-bond donors (Lipinski definition) is 2. The van der Waals surface area contributed by atoms with Crippen molar-refractivity contribution in [1.29, 1.82) is 0 Å². The fourth-order valence-electron chi connectivity index (χ4n) is 2.15. The van der Waals surface area contributed by atoms with E-state index in [1.807, 2.05) is 44.2 Å². The number of amides is 1. The SMILES string of the molecule is CC(C)n1cc([C@H](CC(=O)O)NC(=O)OCc2ccccc2)cn1. The summed E-state index contributed by atoms with van der Waals surface area (Å²) in [5.41, 5.74) is 1.48. The molecule has 128 valence electrons. The maximum Gasteiger partial charge on any atom is 0.407 e. The Labute approximate surface area is 140 Å². The number of aliphatic carboxylic acids is 1. The molecule has 0 aliphatic carbocycles. The quantitative estimate of drug-likeness (QED) is 0.813. The number of rotatable bonds is 7. The first-order valence-corrected chi connectivity index (χ1v) is 7.68. The van der Waals surface area contributed by atoms with E-state index in [4.69, 9.17) is 9.84 Å². The van der Waals surface area contributed by atoms with Gasteiger partial charge < -0.3 is 15.2 Å². The van der Waals surface area contributed by atoms with Gasteiger partial charge in [-0.3, -0.25) is 9.48 Å². The van der Waals surface area contributed by atoms with E-state index in [-0.39, 0.29) is 19.1 Å². The van der Waals surface area contributed by atoms with E-state index in [1.54, 1.807) is 17.1 Å². The molecule has 0 unspecified atom stereocenters. The first-order chi connectivity index (χ1) is 11.5. The van der Waals surface area contributed by atoms with E-state index in [2.05, 4.69) is 10.4 Å². The molecule has 0 saturated heterocycles. The van der Waals surface area contributed by atoms with Crippen molar-refractivity contribution in [2.45, 2.75) is 39.0 Å². The molecule has 1 atom stereocenters. The van der Waals surface area contributed by atoms with Crippen LogP contribution < -0.4 is 5.32 Å². The van der Waals surface area contributed by atoms with Crippen molar-refractivity contribution in [3.63, 3.8) is 0 Å². The Morgan fingerprint density at radius 1 is 1.29 bits per heavy atom. The highest BCUT2D eigenvalue weighted by Crippen LogP contribution is 2.18. The average Bonchev–Trinajstić information content (AvgIpc) is 3.03. The van der Waals surface area contributed by atoms with Crippen molar-refractivity contribution < 1.29 is 19.4 Å². The van der Waals surface area contributed by atoms with Gasteiger partial charge in [0.1, 0.15) is 6.61 Å². The van der Waals surface area contributed by atoms with Crippen LogP contribution in [0.3, 0.4) is 0 Å². The molecule has 0 spiro atoms. The maximum atomic E-state index is 12.0. The summed E-state index contributed by atoms with van der Waals surface area (Å²) in [7, 11) is 0. The number of benzene rings is 1. The van der Waals surface area contributed by atoms with Gasteiger partial charge >= 0.3 is 12.1 Å². The molecule has 1 aromatic heterocycles. The van der Waals surface area contributed by atoms with Crippen molar-refractivity contribution >= 4 is 12.1 Å². The molecule has 1 heterocycles. The molecular weight excluding hydrogens is 310 g/mol. The van der Waals surface area contributed by atoms with E-state index in [0.29, 0.717) is 5.56 Å². The van der Waals surface area contributed by atoms with Gasteiger partial charge in [0.2, 0.25) is 0 Å². The minimum absolute atomic E-state index is 0.123. The fourth-order valence-corrected chi connectivity index (χ4v) is 2.15. The number of hydrogen-bond acceptors (Lipinski definition) is 4. The number of aromatic nitrogens is 2. The van der Waals surface area contributed by atoms with Gasteiger partial charge in [0.15, 0.2) is 0 Å². The summed E-state index contributed by atoms with van der Waals surface area (Å²) >= 11 is 0. The third kappa shape index (κ3) is 5.12. The zero-order chi connectivity index (χ0) is 17.5. The van der Waals surface area contributed by atoms with E-state index in [0.717, 1.165) is 5.56 Å². The van der Waals surface area contributed by atoms with Crippen molar-refractivity contribution in [3.05, 3.63) is 53.9 Å². The third-order valence-electron chi connectivity index (χ3n) is 3.44. The topological polar surface area (TPSA) is 93.5 Å². The van der Waals surface area contributed by atoms with Gasteiger partial charge in [-0.05, 0) is 19.4 Å². The van der Waals surface area contributed by atoms with Gasteiger partial charge in [-0.2, -0.15) is 5.10 Å². The predicted molar refractivity (Wildman–Crippen MR) is 87.4 cm³/mol. The molecule has 2 N–H and O–H groups in total. The molecule has 7 nitrogen and oxygen atoms in total. The Morgan fingerprint density at radius 3 is 2.58 bits per heavy atom. The number of carbonyl (C=O) groups excluding carboxylic acids is 1.